The number of amides is 1. The van der Waals surface area contributed by atoms with Crippen molar-refractivity contribution in [3.8, 4) is 17.6 Å². The number of rotatable bonds is 8. The Labute approximate surface area is 213 Å². The smallest absolute Gasteiger partial charge is 0.220 e. The van der Waals surface area contributed by atoms with Crippen LogP contribution in [0.1, 0.15) is 74.9 Å². The Kier molecular flexibility index (Phi) is 8.25. The van der Waals surface area contributed by atoms with Crippen LogP contribution in [-0.2, 0) is 11.2 Å². The van der Waals surface area contributed by atoms with E-state index in [1.807, 2.05) is 0 Å². The number of halogens is 1. The summed E-state index contributed by atoms with van der Waals surface area (Å²) in [7, 11) is 1.58. The van der Waals surface area contributed by atoms with Gasteiger partial charge in [-0.3, -0.25) is 9.59 Å². The molecule has 2 aromatic carbocycles. The number of nitrogens with one attached hydrogen (secondary N) is 2. The molecular weight excluding hydrogens is 462 g/mol. The fourth-order valence-corrected chi connectivity index (χ4v) is 5.52. The predicted molar refractivity (Wildman–Crippen MR) is 138 cm³/mol. The number of ketones is 1. The van der Waals surface area contributed by atoms with Crippen LogP contribution in [0.5, 0.6) is 11.5 Å². The number of hydrogen-bond donors (Lipinski definition) is 2. The number of hydrogen-bond acceptors (Lipinski definition) is 5. The minimum absolute atomic E-state index is 0.0185. The molecule has 1 aliphatic rings. The quantitative estimate of drug-likeness (QED) is 0.451. The van der Waals surface area contributed by atoms with Crippen molar-refractivity contribution in [1.29, 1.82) is 5.26 Å². The highest BCUT2D eigenvalue weighted by molar-refractivity contribution is 6.32. The summed E-state index contributed by atoms with van der Waals surface area (Å²) in [6.45, 7) is 8.71. The number of benzene rings is 2. The van der Waals surface area contributed by atoms with Crippen LogP contribution in [0.25, 0.3) is 0 Å². The minimum atomic E-state index is -0.0971. The van der Waals surface area contributed by atoms with Gasteiger partial charge in [-0.25, -0.2) is 0 Å². The molecule has 1 heterocycles. The van der Waals surface area contributed by atoms with E-state index in [1.165, 1.54) is 0 Å². The van der Waals surface area contributed by atoms with E-state index in [-0.39, 0.29) is 29.2 Å². The van der Waals surface area contributed by atoms with E-state index in [1.54, 1.807) is 43.4 Å². The monoisotopic (exact) mass is 495 g/mol. The summed E-state index contributed by atoms with van der Waals surface area (Å²) in [4.78, 5) is 24.7. The number of aryl methyl sites for hydroxylation is 1. The second-order valence-corrected chi connectivity index (χ2v) is 11.0. The molecule has 0 radical (unpaired) electrons. The van der Waals surface area contributed by atoms with Gasteiger partial charge in [-0.1, -0.05) is 23.7 Å². The van der Waals surface area contributed by atoms with Crippen LogP contribution in [0.3, 0.4) is 0 Å². The lowest BCUT2D eigenvalue weighted by Crippen LogP contribution is -2.57. The topological polar surface area (TPSA) is 91.2 Å². The van der Waals surface area contributed by atoms with Crippen LogP contribution >= 0.6 is 11.6 Å². The predicted octanol–water partition coefficient (Wildman–Crippen LogP) is 5.81. The first-order chi connectivity index (χ1) is 16.4. The van der Waals surface area contributed by atoms with E-state index in [4.69, 9.17) is 16.3 Å². The van der Waals surface area contributed by atoms with E-state index in [0.29, 0.717) is 46.4 Å². The first kappa shape index (κ1) is 26.7. The fraction of sp³-hybridized carbons (Fsp3) is 0.464. The van der Waals surface area contributed by atoms with Crippen LogP contribution < -0.4 is 15.4 Å². The number of nitrogens with zero attached hydrogens (tertiary/aromatic N) is 1. The zero-order chi connectivity index (χ0) is 25.8. The number of nitriles is 1. The van der Waals surface area contributed by atoms with Gasteiger partial charge in [0.1, 0.15) is 17.6 Å². The zero-order valence-electron chi connectivity index (χ0n) is 21.1. The zero-order valence-corrected chi connectivity index (χ0v) is 21.9. The molecule has 0 aliphatic carbocycles. The Hall–Kier alpha value is -2.88. The lowest BCUT2D eigenvalue weighted by Gasteiger charge is -2.46. The molecule has 0 atom stereocenters. The van der Waals surface area contributed by atoms with E-state index in [9.17, 15) is 14.9 Å². The molecule has 7 heteroatoms. The van der Waals surface area contributed by atoms with E-state index in [2.05, 4.69) is 44.4 Å². The maximum atomic E-state index is 13.1. The summed E-state index contributed by atoms with van der Waals surface area (Å²) in [6, 6.07) is 12.5. The van der Waals surface area contributed by atoms with E-state index >= 15 is 0 Å². The summed E-state index contributed by atoms with van der Waals surface area (Å²) < 4.78 is 5.97. The first-order valence-electron chi connectivity index (χ1n) is 12.0. The summed E-state index contributed by atoms with van der Waals surface area (Å²) in [5, 5.41) is 16.2. The van der Waals surface area contributed by atoms with Gasteiger partial charge in [0.25, 0.3) is 0 Å². The van der Waals surface area contributed by atoms with E-state index < -0.39 is 0 Å². The van der Waals surface area contributed by atoms with Gasteiger partial charge in [-0.2, -0.15) is 5.26 Å². The Morgan fingerprint density at radius 2 is 1.83 bits per heavy atom. The van der Waals surface area contributed by atoms with Crippen molar-refractivity contribution < 1.29 is 14.3 Å². The summed E-state index contributed by atoms with van der Waals surface area (Å²) in [5.74, 6) is 0.986. The summed E-state index contributed by atoms with van der Waals surface area (Å²) >= 11 is 6.49. The summed E-state index contributed by atoms with van der Waals surface area (Å²) in [6.07, 6.45) is 3.04. The second-order valence-electron chi connectivity index (χ2n) is 10.6. The third kappa shape index (κ3) is 7.06. The molecule has 0 saturated carbocycles. The van der Waals surface area contributed by atoms with Gasteiger partial charge in [-0.05, 0) is 82.7 Å². The Balaban J connectivity index is 1.74. The molecule has 1 fully saturated rings. The fourth-order valence-electron chi connectivity index (χ4n) is 5.30. The summed E-state index contributed by atoms with van der Waals surface area (Å²) in [5.41, 5.74) is 1.61. The third-order valence-corrected chi connectivity index (χ3v) is 6.64. The van der Waals surface area contributed by atoms with Crippen molar-refractivity contribution in [3.63, 3.8) is 0 Å². The molecule has 0 aromatic heterocycles. The second kappa shape index (κ2) is 10.8. The van der Waals surface area contributed by atoms with Gasteiger partial charge in [0.15, 0.2) is 5.78 Å². The van der Waals surface area contributed by atoms with Gasteiger partial charge in [-0.15, -0.1) is 0 Å². The van der Waals surface area contributed by atoms with Gasteiger partial charge < -0.3 is 15.4 Å². The van der Waals surface area contributed by atoms with Crippen LogP contribution in [0.2, 0.25) is 5.02 Å². The van der Waals surface area contributed by atoms with E-state index in [0.717, 1.165) is 18.4 Å². The van der Waals surface area contributed by atoms with Crippen molar-refractivity contribution in [2.45, 2.75) is 70.9 Å². The Morgan fingerprint density at radius 1 is 1.14 bits per heavy atom. The van der Waals surface area contributed by atoms with Crippen molar-refractivity contribution in [3.05, 3.63) is 58.1 Å². The Bertz CT molecular complexity index is 1130. The van der Waals surface area contributed by atoms with Crippen molar-refractivity contribution in [2.24, 2.45) is 5.92 Å². The van der Waals surface area contributed by atoms with Gasteiger partial charge >= 0.3 is 0 Å². The molecule has 1 saturated heterocycles. The number of Topliss-reactive ketones (excluding diaryl/α,β-unsaturated/α-hetero) is 1. The first-order valence-corrected chi connectivity index (χ1v) is 12.3. The molecule has 0 bridgehead atoms. The van der Waals surface area contributed by atoms with Crippen LogP contribution in [0, 0.1) is 17.2 Å². The van der Waals surface area contributed by atoms with Gasteiger partial charge in [0.2, 0.25) is 5.91 Å². The van der Waals surface area contributed by atoms with Crippen molar-refractivity contribution in [1.82, 2.24) is 10.6 Å². The molecule has 0 unspecified atom stereocenters. The number of ether oxygens (including phenoxy) is 1. The van der Waals surface area contributed by atoms with Gasteiger partial charge in [0, 0.05) is 36.5 Å². The maximum Gasteiger partial charge on any atom is 0.220 e. The minimum Gasteiger partial charge on any atom is -0.454 e. The van der Waals surface area contributed by atoms with Crippen molar-refractivity contribution >= 4 is 23.3 Å². The number of piperidine rings is 1. The molecule has 35 heavy (non-hydrogen) atoms. The van der Waals surface area contributed by atoms with Crippen LogP contribution in [0.15, 0.2) is 36.4 Å². The highest BCUT2D eigenvalue weighted by Crippen LogP contribution is 2.37. The molecule has 2 N–H and O–H groups in total. The largest absolute Gasteiger partial charge is 0.454 e. The SMILES string of the molecule is CNC(=O)CCc1cccc(Oc2ccc(C(=O)CC3CC(C)(C)NC(C)(C)C3)cc2Cl)c1C#N. The highest BCUT2D eigenvalue weighted by atomic mass is 35.5. The van der Waals surface area contributed by atoms with Crippen molar-refractivity contribution in [2.75, 3.05) is 7.05 Å². The van der Waals surface area contributed by atoms with Gasteiger partial charge in [0.05, 0.1) is 10.6 Å². The highest BCUT2D eigenvalue weighted by Gasteiger charge is 2.38. The normalized spacial score (nSPS) is 16.8. The molecule has 3 rings (SSSR count). The molecule has 6 nitrogen and oxygen atoms in total. The molecule has 1 amide bonds. The number of carbonyl (C=O) groups is 2. The standard InChI is InChI=1S/C28H34ClN3O3/c1-27(2)15-18(16-28(3,4)32-27)13-23(33)20-9-11-25(22(29)14-20)35-24-8-6-7-19(21(24)17-30)10-12-26(34)31-5/h6-9,11,14,18,32H,10,12-13,15-16H2,1-5H3,(H,31,34). The average Bonchev–Trinajstić information content (AvgIpc) is 2.76. The van der Waals surface area contributed by atoms with Crippen LogP contribution in [-0.4, -0.2) is 29.8 Å². The molecular formula is C28H34ClN3O3. The Morgan fingerprint density at radius 3 is 2.43 bits per heavy atom. The average molecular weight is 496 g/mol. The lowest BCUT2D eigenvalue weighted by atomic mass is 9.74. The van der Waals surface area contributed by atoms with Crippen LogP contribution in [0.4, 0.5) is 0 Å². The maximum absolute atomic E-state index is 13.1. The number of carbonyl (C=O) groups excluding carboxylic acids is 2. The molecule has 1 aliphatic heterocycles. The lowest BCUT2D eigenvalue weighted by molar-refractivity contribution is -0.120. The molecule has 186 valence electrons. The molecule has 0 spiro atoms. The third-order valence-electron chi connectivity index (χ3n) is 6.35. The molecule has 2 aromatic rings.